The number of benzene rings is 2. The minimum absolute atomic E-state index is 0.187. The number of aliphatic carboxylic acids is 1. The fraction of sp³-hybridized carbons (Fsp3) is 0.176. The first-order valence-electron chi connectivity index (χ1n) is 6.99. The van der Waals surface area contributed by atoms with Crippen molar-refractivity contribution in [3.8, 4) is 0 Å². The van der Waals surface area contributed by atoms with E-state index in [1.165, 1.54) is 24.1 Å². The van der Waals surface area contributed by atoms with Gasteiger partial charge >= 0.3 is 5.97 Å². The van der Waals surface area contributed by atoms with Crippen LogP contribution in [0.2, 0.25) is 10.0 Å². The van der Waals surface area contributed by atoms with Crippen molar-refractivity contribution in [2.75, 3.05) is 7.05 Å². The Morgan fingerprint density at radius 1 is 1.17 bits per heavy atom. The summed E-state index contributed by atoms with van der Waals surface area (Å²) in [5.41, 5.74) is 1.03. The van der Waals surface area contributed by atoms with Gasteiger partial charge in [0.2, 0.25) is 0 Å². The van der Waals surface area contributed by atoms with E-state index in [2.05, 4.69) is 15.9 Å². The van der Waals surface area contributed by atoms with Crippen molar-refractivity contribution in [1.82, 2.24) is 4.90 Å². The van der Waals surface area contributed by atoms with Gasteiger partial charge in [0.15, 0.2) is 0 Å². The van der Waals surface area contributed by atoms with Gasteiger partial charge in [-0.3, -0.25) is 4.79 Å². The topological polar surface area (TPSA) is 57.6 Å². The normalized spacial score (nSPS) is 11.8. The van der Waals surface area contributed by atoms with Gasteiger partial charge in [0, 0.05) is 23.0 Å². The predicted molar refractivity (Wildman–Crippen MR) is 97.8 cm³/mol. The Labute approximate surface area is 158 Å². The van der Waals surface area contributed by atoms with Gasteiger partial charge in [-0.25, -0.2) is 4.79 Å². The molecule has 0 fully saturated rings. The van der Waals surface area contributed by atoms with Crippen molar-refractivity contribution in [2.24, 2.45) is 0 Å². The number of carbonyl (C=O) groups is 2. The van der Waals surface area contributed by atoms with Crippen molar-refractivity contribution in [3.63, 3.8) is 0 Å². The van der Waals surface area contributed by atoms with Gasteiger partial charge in [-0.2, -0.15) is 0 Å². The van der Waals surface area contributed by atoms with Gasteiger partial charge in [0.25, 0.3) is 5.91 Å². The minimum atomic E-state index is -1.08. The molecule has 1 N–H and O–H groups in total. The molecule has 0 aromatic heterocycles. The number of nitrogens with zero attached hydrogens (tertiary/aromatic N) is 1. The Bertz CT molecular complexity index is 765. The number of likely N-dealkylation sites (N-methyl/N-ethyl adjacent to an activating group) is 1. The van der Waals surface area contributed by atoms with Crippen molar-refractivity contribution in [1.29, 1.82) is 0 Å². The second kappa shape index (κ2) is 8.01. The fourth-order valence-corrected chi connectivity index (χ4v) is 2.98. The molecule has 7 heteroatoms. The molecule has 0 aliphatic carbocycles. The number of rotatable bonds is 5. The summed E-state index contributed by atoms with van der Waals surface area (Å²) >= 11 is 15.2. The number of amides is 1. The van der Waals surface area contributed by atoms with Crippen LogP contribution in [0.3, 0.4) is 0 Å². The van der Waals surface area contributed by atoms with Crippen LogP contribution in [0.4, 0.5) is 0 Å². The van der Waals surface area contributed by atoms with Crippen LogP contribution in [0.25, 0.3) is 0 Å². The molecular formula is C17H14BrCl2NO3. The maximum atomic E-state index is 12.6. The lowest BCUT2D eigenvalue weighted by Gasteiger charge is -2.25. The number of hydrogen-bond donors (Lipinski definition) is 1. The second-order valence-electron chi connectivity index (χ2n) is 5.22. The Hall–Kier alpha value is -1.56. The predicted octanol–water partition coefficient (Wildman–Crippen LogP) is 4.52. The standard InChI is InChI=1S/C17H14BrCl2NO3/c1-21(16(22)13-7-6-12(19)9-14(13)20)15(17(23)24)8-10-2-4-11(18)5-3-10/h2-7,9,15H,8H2,1H3,(H,23,24). The molecule has 2 aromatic carbocycles. The van der Waals surface area contributed by atoms with E-state index in [1.807, 2.05) is 24.3 Å². The largest absolute Gasteiger partial charge is 0.480 e. The molecule has 0 heterocycles. The van der Waals surface area contributed by atoms with Crippen molar-refractivity contribution < 1.29 is 14.7 Å². The Morgan fingerprint density at radius 3 is 2.33 bits per heavy atom. The molecule has 0 saturated carbocycles. The van der Waals surface area contributed by atoms with Crippen LogP contribution < -0.4 is 0 Å². The summed E-state index contributed by atoms with van der Waals surface area (Å²) in [6.07, 6.45) is 0.191. The smallest absolute Gasteiger partial charge is 0.326 e. The highest BCUT2D eigenvalue weighted by Gasteiger charge is 2.28. The maximum Gasteiger partial charge on any atom is 0.326 e. The zero-order chi connectivity index (χ0) is 17.9. The molecule has 0 bridgehead atoms. The summed E-state index contributed by atoms with van der Waals surface area (Å²) in [7, 11) is 1.45. The molecule has 0 aliphatic heterocycles. The summed E-state index contributed by atoms with van der Waals surface area (Å²) in [5, 5.41) is 10.1. The summed E-state index contributed by atoms with van der Waals surface area (Å²) in [5.74, 6) is -1.56. The number of carboxylic acids is 1. The molecule has 0 spiro atoms. The third-order valence-corrected chi connectivity index (χ3v) is 4.65. The highest BCUT2D eigenvalue weighted by molar-refractivity contribution is 9.10. The van der Waals surface area contributed by atoms with Crippen LogP contribution in [0.15, 0.2) is 46.9 Å². The summed E-state index contributed by atoms with van der Waals surface area (Å²) < 4.78 is 0.899. The average molecular weight is 431 g/mol. The quantitative estimate of drug-likeness (QED) is 0.758. The van der Waals surface area contributed by atoms with E-state index in [1.54, 1.807) is 6.07 Å². The van der Waals surface area contributed by atoms with Crippen LogP contribution in [0, 0.1) is 0 Å². The van der Waals surface area contributed by atoms with Crippen molar-refractivity contribution in [3.05, 3.63) is 68.1 Å². The summed E-state index contributed by atoms with van der Waals surface area (Å²) in [6, 6.07) is 10.8. The second-order valence-corrected chi connectivity index (χ2v) is 6.98. The first-order valence-corrected chi connectivity index (χ1v) is 8.54. The minimum Gasteiger partial charge on any atom is -0.480 e. The van der Waals surface area contributed by atoms with Crippen LogP contribution in [0.5, 0.6) is 0 Å². The lowest BCUT2D eigenvalue weighted by molar-refractivity contribution is -0.141. The Kier molecular flexibility index (Phi) is 6.27. The van der Waals surface area contributed by atoms with Crippen LogP contribution >= 0.6 is 39.1 Å². The molecule has 0 aliphatic rings. The molecule has 1 unspecified atom stereocenters. The number of carbonyl (C=O) groups excluding carboxylic acids is 1. The highest BCUT2D eigenvalue weighted by Crippen LogP contribution is 2.23. The van der Waals surface area contributed by atoms with E-state index in [9.17, 15) is 14.7 Å². The first-order chi connectivity index (χ1) is 11.3. The van der Waals surface area contributed by atoms with E-state index < -0.39 is 17.9 Å². The van der Waals surface area contributed by atoms with Crippen molar-refractivity contribution in [2.45, 2.75) is 12.5 Å². The molecule has 0 saturated heterocycles. The van der Waals surface area contributed by atoms with E-state index in [-0.39, 0.29) is 17.0 Å². The molecule has 126 valence electrons. The van der Waals surface area contributed by atoms with Gasteiger partial charge < -0.3 is 10.0 Å². The summed E-state index contributed by atoms with van der Waals surface area (Å²) in [6.45, 7) is 0. The SMILES string of the molecule is CN(C(=O)c1ccc(Cl)cc1Cl)C(Cc1ccc(Br)cc1)C(=O)O. The van der Waals surface area contributed by atoms with Gasteiger partial charge in [0.05, 0.1) is 10.6 Å². The molecule has 2 rings (SSSR count). The lowest BCUT2D eigenvalue weighted by Crippen LogP contribution is -2.44. The third kappa shape index (κ3) is 4.50. The first kappa shape index (κ1) is 18.8. The van der Waals surface area contributed by atoms with E-state index in [0.29, 0.717) is 5.02 Å². The molecule has 4 nitrogen and oxygen atoms in total. The number of halogens is 3. The summed E-state index contributed by atoms with van der Waals surface area (Å²) in [4.78, 5) is 25.4. The fourth-order valence-electron chi connectivity index (χ4n) is 2.23. The van der Waals surface area contributed by atoms with E-state index >= 15 is 0 Å². The van der Waals surface area contributed by atoms with Gasteiger partial charge in [0.1, 0.15) is 6.04 Å². The lowest BCUT2D eigenvalue weighted by atomic mass is 10.0. The zero-order valence-electron chi connectivity index (χ0n) is 12.7. The van der Waals surface area contributed by atoms with Crippen LogP contribution in [0.1, 0.15) is 15.9 Å². The van der Waals surface area contributed by atoms with Gasteiger partial charge in [-0.1, -0.05) is 51.3 Å². The van der Waals surface area contributed by atoms with E-state index in [0.717, 1.165) is 10.0 Å². The van der Waals surface area contributed by atoms with Crippen molar-refractivity contribution >= 4 is 51.0 Å². The molecule has 1 amide bonds. The Morgan fingerprint density at radius 2 is 1.79 bits per heavy atom. The molecule has 24 heavy (non-hydrogen) atoms. The highest BCUT2D eigenvalue weighted by atomic mass is 79.9. The number of carboxylic acid groups (broad SMARTS) is 1. The van der Waals surface area contributed by atoms with Gasteiger partial charge in [-0.05, 0) is 35.9 Å². The third-order valence-electron chi connectivity index (χ3n) is 3.58. The van der Waals surface area contributed by atoms with Crippen LogP contribution in [-0.4, -0.2) is 35.0 Å². The number of hydrogen-bond acceptors (Lipinski definition) is 2. The zero-order valence-corrected chi connectivity index (χ0v) is 15.8. The molecular weight excluding hydrogens is 417 g/mol. The Balaban J connectivity index is 2.24. The maximum absolute atomic E-state index is 12.6. The van der Waals surface area contributed by atoms with Crippen LogP contribution in [-0.2, 0) is 11.2 Å². The molecule has 0 radical (unpaired) electrons. The van der Waals surface area contributed by atoms with Gasteiger partial charge in [-0.15, -0.1) is 0 Å². The molecule has 1 atom stereocenters. The average Bonchev–Trinajstić information content (AvgIpc) is 2.53. The van der Waals surface area contributed by atoms with E-state index in [4.69, 9.17) is 23.2 Å². The molecule has 2 aromatic rings. The monoisotopic (exact) mass is 429 g/mol.